The van der Waals surface area contributed by atoms with Crippen molar-refractivity contribution in [3.05, 3.63) is 47.9 Å². The van der Waals surface area contributed by atoms with E-state index in [9.17, 15) is 4.79 Å². The van der Waals surface area contributed by atoms with E-state index in [1.807, 2.05) is 48.4 Å². The van der Waals surface area contributed by atoms with Crippen LogP contribution in [0.5, 0.6) is 5.75 Å². The summed E-state index contributed by atoms with van der Waals surface area (Å²) in [6.45, 7) is 7.81. The molecule has 0 spiro atoms. The van der Waals surface area contributed by atoms with Crippen LogP contribution in [0.15, 0.2) is 36.5 Å². The van der Waals surface area contributed by atoms with Gasteiger partial charge in [0.15, 0.2) is 5.65 Å². The van der Waals surface area contributed by atoms with E-state index >= 15 is 0 Å². The van der Waals surface area contributed by atoms with E-state index in [0.29, 0.717) is 36.5 Å². The summed E-state index contributed by atoms with van der Waals surface area (Å²) in [5.41, 5.74) is 3.68. The summed E-state index contributed by atoms with van der Waals surface area (Å²) in [7, 11) is 1.62. The zero-order chi connectivity index (χ0) is 22.0. The van der Waals surface area contributed by atoms with Crippen LogP contribution in [0.2, 0.25) is 0 Å². The van der Waals surface area contributed by atoms with Crippen LogP contribution < -0.4 is 10.1 Å². The fraction of sp³-hybridized carbons (Fsp3) is 0.458. The molecular weight excluding hydrogens is 390 g/mol. The Bertz CT molecular complexity index is 1070. The lowest BCUT2D eigenvalue weighted by molar-refractivity contribution is 0.183. The van der Waals surface area contributed by atoms with Gasteiger partial charge < -0.3 is 19.5 Å². The first kappa shape index (κ1) is 21.2. The number of carbonyl (C=O) groups is 1. The predicted molar refractivity (Wildman–Crippen MR) is 123 cm³/mol. The van der Waals surface area contributed by atoms with E-state index in [-0.39, 0.29) is 6.03 Å². The molecule has 7 heteroatoms. The Hall–Kier alpha value is -3.09. The highest BCUT2D eigenvalue weighted by atomic mass is 16.5. The van der Waals surface area contributed by atoms with Gasteiger partial charge in [-0.3, -0.25) is 0 Å². The average Bonchev–Trinajstić information content (AvgIpc) is 3.11. The maximum Gasteiger partial charge on any atom is 0.321 e. The summed E-state index contributed by atoms with van der Waals surface area (Å²) in [5.74, 6) is 2.28. The van der Waals surface area contributed by atoms with E-state index < -0.39 is 0 Å². The van der Waals surface area contributed by atoms with Gasteiger partial charge in [-0.05, 0) is 55.5 Å². The minimum absolute atomic E-state index is 0.0848. The molecule has 0 unspecified atom stereocenters. The van der Waals surface area contributed by atoms with Crippen molar-refractivity contribution in [1.29, 1.82) is 0 Å². The molecule has 4 rings (SSSR count). The standard InChI is InChI=1S/C24H31N5O2/c1-16(2)14-22-26-19-6-5-11-25-23(19)29(22)18-9-12-28(13-10-18)24(30)27-20-15-17(3)7-8-21(20)31-4/h5-8,11,15-16,18H,9-10,12-14H2,1-4H3,(H,27,30). The molecule has 1 aromatic carbocycles. The first-order valence-corrected chi connectivity index (χ1v) is 11.0. The Kier molecular flexibility index (Phi) is 6.11. The van der Waals surface area contributed by atoms with Crippen LogP contribution in [-0.2, 0) is 6.42 Å². The van der Waals surface area contributed by atoms with Gasteiger partial charge in [0.1, 0.15) is 17.1 Å². The molecule has 2 aromatic heterocycles. The van der Waals surface area contributed by atoms with E-state index in [2.05, 4.69) is 28.7 Å². The molecule has 2 amide bonds. The van der Waals surface area contributed by atoms with Crippen LogP contribution in [0, 0.1) is 12.8 Å². The Balaban J connectivity index is 1.48. The maximum atomic E-state index is 12.9. The molecule has 0 bridgehead atoms. The number of hydrogen-bond donors (Lipinski definition) is 1. The number of imidazole rings is 1. The third kappa shape index (κ3) is 4.50. The molecule has 0 saturated carbocycles. The number of pyridine rings is 1. The summed E-state index contributed by atoms with van der Waals surface area (Å²) < 4.78 is 7.70. The smallest absolute Gasteiger partial charge is 0.321 e. The Morgan fingerprint density at radius 2 is 2.03 bits per heavy atom. The monoisotopic (exact) mass is 421 g/mol. The van der Waals surface area contributed by atoms with Crippen molar-refractivity contribution in [3.63, 3.8) is 0 Å². The number of amides is 2. The third-order valence-corrected chi connectivity index (χ3v) is 5.83. The van der Waals surface area contributed by atoms with Crippen molar-refractivity contribution in [2.45, 2.75) is 46.1 Å². The highest BCUT2D eigenvalue weighted by Crippen LogP contribution is 2.30. The highest BCUT2D eigenvalue weighted by molar-refractivity contribution is 5.91. The quantitative estimate of drug-likeness (QED) is 0.641. The fourth-order valence-corrected chi connectivity index (χ4v) is 4.31. The molecule has 3 aromatic rings. The Labute approximate surface area is 183 Å². The number of hydrogen-bond acceptors (Lipinski definition) is 4. The second kappa shape index (κ2) is 8.96. The zero-order valence-electron chi connectivity index (χ0n) is 18.8. The molecule has 1 saturated heterocycles. The fourth-order valence-electron chi connectivity index (χ4n) is 4.31. The van der Waals surface area contributed by atoms with E-state index in [1.54, 1.807) is 7.11 Å². The van der Waals surface area contributed by atoms with Crippen molar-refractivity contribution < 1.29 is 9.53 Å². The van der Waals surface area contributed by atoms with Gasteiger partial charge in [-0.15, -0.1) is 0 Å². The van der Waals surface area contributed by atoms with Crippen LogP contribution in [0.3, 0.4) is 0 Å². The van der Waals surface area contributed by atoms with Crippen molar-refractivity contribution in [3.8, 4) is 5.75 Å². The van der Waals surface area contributed by atoms with E-state index in [4.69, 9.17) is 9.72 Å². The lowest BCUT2D eigenvalue weighted by Crippen LogP contribution is -2.41. The molecule has 31 heavy (non-hydrogen) atoms. The van der Waals surface area contributed by atoms with Gasteiger partial charge in [0.05, 0.1) is 12.8 Å². The van der Waals surface area contributed by atoms with Gasteiger partial charge in [-0.25, -0.2) is 14.8 Å². The number of nitrogens with zero attached hydrogens (tertiary/aromatic N) is 4. The highest BCUT2D eigenvalue weighted by Gasteiger charge is 2.27. The number of fused-ring (bicyclic) bond motifs is 1. The second-order valence-electron chi connectivity index (χ2n) is 8.69. The van der Waals surface area contributed by atoms with Gasteiger partial charge >= 0.3 is 6.03 Å². The van der Waals surface area contributed by atoms with Crippen molar-refractivity contribution in [1.82, 2.24) is 19.4 Å². The van der Waals surface area contributed by atoms with Crippen LogP contribution in [0.4, 0.5) is 10.5 Å². The lowest BCUT2D eigenvalue weighted by Gasteiger charge is -2.33. The summed E-state index contributed by atoms with van der Waals surface area (Å²) in [4.78, 5) is 24.2. The van der Waals surface area contributed by atoms with E-state index in [0.717, 1.165) is 41.8 Å². The molecule has 164 valence electrons. The van der Waals surface area contributed by atoms with Gasteiger partial charge in [0.25, 0.3) is 0 Å². The van der Waals surface area contributed by atoms with E-state index in [1.165, 1.54) is 0 Å². The maximum absolute atomic E-state index is 12.9. The number of carbonyl (C=O) groups excluding carboxylic acids is 1. The number of nitrogens with one attached hydrogen (secondary N) is 1. The molecule has 1 fully saturated rings. The third-order valence-electron chi connectivity index (χ3n) is 5.83. The number of aromatic nitrogens is 3. The number of piperidine rings is 1. The molecule has 0 atom stereocenters. The topological polar surface area (TPSA) is 72.3 Å². The second-order valence-corrected chi connectivity index (χ2v) is 8.69. The molecule has 1 aliphatic rings. The first-order chi connectivity index (χ1) is 15.0. The van der Waals surface area contributed by atoms with Gasteiger partial charge in [-0.1, -0.05) is 19.9 Å². The van der Waals surface area contributed by atoms with Crippen molar-refractivity contribution in [2.24, 2.45) is 5.92 Å². The number of ether oxygens (including phenoxy) is 1. The average molecular weight is 422 g/mol. The number of aryl methyl sites for hydroxylation is 1. The zero-order valence-corrected chi connectivity index (χ0v) is 18.8. The summed E-state index contributed by atoms with van der Waals surface area (Å²) in [5, 5.41) is 3.02. The largest absolute Gasteiger partial charge is 0.495 e. The molecule has 0 aliphatic carbocycles. The van der Waals surface area contributed by atoms with Gasteiger partial charge in [-0.2, -0.15) is 0 Å². The normalized spacial score (nSPS) is 14.9. The van der Waals surface area contributed by atoms with Crippen LogP contribution >= 0.6 is 0 Å². The van der Waals surface area contributed by atoms with Crippen LogP contribution in [-0.4, -0.2) is 45.7 Å². The summed E-state index contributed by atoms with van der Waals surface area (Å²) in [6, 6.07) is 9.96. The summed E-state index contributed by atoms with van der Waals surface area (Å²) in [6.07, 6.45) is 4.51. The van der Waals surface area contributed by atoms with Crippen molar-refractivity contribution in [2.75, 3.05) is 25.5 Å². The van der Waals surface area contributed by atoms with Crippen molar-refractivity contribution >= 4 is 22.9 Å². The van der Waals surface area contributed by atoms with Crippen LogP contribution in [0.1, 0.15) is 44.1 Å². The Morgan fingerprint density at radius 1 is 1.26 bits per heavy atom. The van der Waals surface area contributed by atoms with Gasteiger partial charge in [0.2, 0.25) is 0 Å². The first-order valence-electron chi connectivity index (χ1n) is 11.0. The van der Waals surface area contributed by atoms with Crippen LogP contribution in [0.25, 0.3) is 11.2 Å². The molecule has 0 radical (unpaired) electrons. The lowest BCUT2D eigenvalue weighted by atomic mass is 10.0. The number of urea groups is 1. The number of benzene rings is 1. The molecular formula is C24H31N5O2. The van der Waals surface area contributed by atoms with Gasteiger partial charge in [0, 0.05) is 31.7 Å². The predicted octanol–water partition coefficient (Wildman–Crippen LogP) is 4.82. The molecule has 7 nitrogen and oxygen atoms in total. The number of rotatable bonds is 5. The number of methoxy groups -OCH3 is 1. The molecule has 3 heterocycles. The minimum atomic E-state index is -0.0848. The molecule has 1 N–H and O–H groups in total. The molecule has 1 aliphatic heterocycles. The SMILES string of the molecule is COc1ccc(C)cc1NC(=O)N1CCC(n2c(CC(C)C)nc3cccnc32)CC1. The minimum Gasteiger partial charge on any atom is -0.495 e. The summed E-state index contributed by atoms with van der Waals surface area (Å²) >= 11 is 0. The Morgan fingerprint density at radius 3 is 2.74 bits per heavy atom. The number of anilines is 1. The number of likely N-dealkylation sites (tertiary alicyclic amines) is 1.